The molecule has 0 radical (unpaired) electrons. The van der Waals surface area contributed by atoms with Gasteiger partial charge in [0.25, 0.3) is 0 Å². The molecule has 2 unspecified atom stereocenters. The number of aromatic nitrogens is 2. The summed E-state index contributed by atoms with van der Waals surface area (Å²) in [7, 11) is 1.65. The van der Waals surface area contributed by atoms with Gasteiger partial charge in [0.05, 0.1) is 7.11 Å². The lowest BCUT2D eigenvalue weighted by Crippen LogP contribution is -2.34. The Balaban J connectivity index is 0.00000176. The zero-order chi connectivity index (χ0) is 14.7. The highest BCUT2D eigenvalue weighted by Crippen LogP contribution is 2.27. The molecule has 1 aliphatic rings. The fraction of sp³-hybridized carbons (Fsp3) is 0.500. The first kappa shape index (κ1) is 16.8. The molecule has 0 spiro atoms. The average molecular weight is 324 g/mol. The zero-order valence-corrected chi connectivity index (χ0v) is 13.5. The smallest absolute Gasteiger partial charge is 0.227 e. The van der Waals surface area contributed by atoms with Crippen molar-refractivity contribution in [3.63, 3.8) is 0 Å². The van der Waals surface area contributed by atoms with Crippen LogP contribution in [-0.2, 0) is 6.42 Å². The lowest BCUT2D eigenvalue weighted by atomic mass is 9.83. The highest BCUT2D eigenvalue weighted by atomic mass is 35.5. The van der Waals surface area contributed by atoms with Crippen LogP contribution in [0, 0.1) is 5.92 Å². The summed E-state index contributed by atoms with van der Waals surface area (Å²) in [5, 5.41) is 4.06. The highest BCUT2D eigenvalue weighted by Gasteiger charge is 2.24. The molecule has 3 rings (SSSR count). The summed E-state index contributed by atoms with van der Waals surface area (Å²) < 4.78 is 10.5. The molecule has 0 aliphatic heterocycles. The standard InChI is InChI=1S/C16H21N3O2.ClH/c1-20-13-8-6-11(7-9-13)16-18-15(21-19-16)10-12-4-2-3-5-14(12)17;/h6-9,12,14H,2-5,10,17H2,1H3;1H. The van der Waals surface area contributed by atoms with Gasteiger partial charge in [0.2, 0.25) is 11.7 Å². The molecular weight excluding hydrogens is 302 g/mol. The van der Waals surface area contributed by atoms with E-state index in [0.717, 1.165) is 30.6 Å². The number of ether oxygens (including phenoxy) is 1. The number of nitrogens with zero attached hydrogens (tertiary/aromatic N) is 2. The van der Waals surface area contributed by atoms with Gasteiger partial charge in [-0.05, 0) is 43.0 Å². The third-order valence-electron chi connectivity index (χ3n) is 4.22. The van der Waals surface area contributed by atoms with Crippen LogP contribution in [0.3, 0.4) is 0 Å². The highest BCUT2D eigenvalue weighted by molar-refractivity contribution is 5.85. The molecule has 1 aromatic carbocycles. The van der Waals surface area contributed by atoms with Crippen molar-refractivity contribution in [2.45, 2.75) is 38.1 Å². The van der Waals surface area contributed by atoms with E-state index in [0.29, 0.717) is 17.6 Å². The van der Waals surface area contributed by atoms with Gasteiger partial charge in [0, 0.05) is 18.0 Å². The number of benzene rings is 1. The van der Waals surface area contributed by atoms with Gasteiger partial charge in [-0.1, -0.05) is 18.0 Å². The van der Waals surface area contributed by atoms with Crippen molar-refractivity contribution >= 4 is 12.4 Å². The Morgan fingerprint density at radius 3 is 2.64 bits per heavy atom. The molecule has 1 aromatic heterocycles. The summed E-state index contributed by atoms with van der Waals surface area (Å²) >= 11 is 0. The molecule has 1 saturated carbocycles. The van der Waals surface area contributed by atoms with E-state index in [4.69, 9.17) is 15.0 Å². The van der Waals surface area contributed by atoms with Gasteiger partial charge in [0.1, 0.15) is 5.75 Å². The molecule has 5 nitrogen and oxygen atoms in total. The number of methoxy groups -OCH3 is 1. The van der Waals surface area contributed by atoms with Crippen molar-refractivity contribution in [3.05, 3.63) is 30.2 Å². The number of halogens is 1. The Morgan fingerprint density at radius 2 is 1.95 bits per heavy atom. The molecule has 2 aromatic rings. The van der Waals surface area contributed by atoms with Gasteiger partial charge in [-0.2, -0.15) is 4.98 Å². The third kappa shape index (κ3) is 3.78. The van der Waals surface area contributed by atoms with E-state index in [-0.39, 0.29) is 18.4 Å². The predicted molar refractivity (Wildman–Crippen MR) is 87.2 cm³/mol. The summed E-state index contributed by atoms with van der Waals surface area (Å²) in [4.78, 5) is 4.49. The van der Waals surface area contributed by atoms with Crippen molar-refractivity contribution in [1.82, 2.24) is 10.1 Å². The molecule has 2 atom stereocenters. The SMILES string of the molecule is COc1ccc(-c2noc(CC3CCCCC3N)n2)cc1.Cl. The summed E-state index contributed by atoms with van der Waals surface area (Å²) in [5.41, 5.74) is 7.10. The minimum absolute atomic E-state index is 0. The van der Waals surface area contributed by atoms with Gasteiger partial charge in [-0.3, -0.25) is 0 Å². The molecule has 1 fully saturated rings. The fourth-order valence-electron chi connectivity index (χ4n) is 2.91. The van der Waals surface area contributed by atoms with Crippen LogP contribution in [-0.4, -0.2) is 23.3 Å². The van der Waals surface area contributed by atoms with E-state index in [2.05, 4.69) is 10.1 Å². The second-order valence-electron chi connectivity index (χ2n) is 5.65. The first-order valence-corrected chi connectivity index (χ1v) is 7.49. The van der Waals surface area contributed by atoms with Gasteiger partial charge >= 0.3 is 0 Å². The second kappa shape index (κ2) is 7.61. The van der Waals surface area contributed by atoms with E-state index in [1.807, 2.05) is 24.3 Å². The van der Waals surface area contributed by atoms with Gasteiger partial charge < -0.3 is 15.0 Å². The third-order valence-corrected chi connectivity index (χ3v) is 4.22. The minimum Gasteiger partial charge on any atom is -0.497 e. The summed E-state index contributed by atoms with van der Waals surface area (Å²) in [6.07, 6.45) is 5.52. The van der Waals surface area contributed by atoms with Crippen molar-refractivity contribution in [3.8, 4) is 17.1 Å². The lowest BCUT2D eigenvalue weighted by Gasteiger charge is -2.27. The molecule has 6 heteroatoms. The van der Waals surface area contributed by atoms with Crippen LogP contribution in [0.5, 0.6) is 5.75 Å². The van der Waals surface area contributed by atoms with Crippen molar-refractivity contribution in [2.24, 2.45) is 11.7 Å². The molecule has 0 saturated heterocycles. The molecule has 2 N–H and O–H groups in total. The quantitative estimate of drug-likeness (QED) is 0.935. The van der Waals surface area contributed by atoms with Crippen molar-refractivity contribution in [1.29, 1.82) is 0 Å². The average Bonchev–Trinajstić information content (AvgIpc) is 2.98. The predicted octanol–water partition coefficient (Wildman–Crippen LogP) is 3.23. The van der Waals surface area contributed by atoms with Crippen molar-refractivity contribution in [2.75, 3.05) is 7.11 Å². The van der Waals surface area contributed by atoms with E-state index in [1.54, 1.807) is 7.11 Å². The molecule has 22 heavy (non-hydrogen) atoms. The normalized spacial score (nSPS) is 21.2. The Hall–Kier alpha value is -1.59. The maximum Gasteiger partial charge on any atom is 0.227 e. The molecule has 0 bridgehead atoms. The lowest BCUT2D eigenvalue weighted by molar-refractivity contribution is 0.273. The van der Waals surface area contributed by atoms with Crippen molar-refractivity contribution < 1.29 is 9.26 Å². The number of nitrogens with two attached hydrogens (primary N) is 1. The van der Waals surface area contributed by atoms with Crippen LogP contribution in [0.25, 0.3) is 11.4 Å². The minimum atomic E-state index is 0. The van der Waals surface area contributed by atoms with E-state index >= 15 is 0 Å². The fourth-order valence-corrected chi connectivity index (χ4v) is 2.91. The van der Waals surface area contributed by atoms with Crippen LogP contribution in [0.4, 0.5) is 0 Å². The summed E-state index contributed by atoms with van der Waals surface area (Å²) in [6.45, 7) is 0. The van der Waals surface area contributed by atoms with Crippen LogP contribution in [0.1, 0.15) is 31.6 Å². The number of rotatable bonds is 4. The monoisotopic (exact) mass is 323 g/mol. The van der Waals surface area contributed by atoms with E-state index in [9.17, 15) is 0 Å². The Bertz CT molecular complexity index is 585. The Morgan fingerprint density at radius 1 is 1.23 bits per heavy atom. The topological polar surface area (TPSA) is 74.2 Å². The van der Waals surface area contributed by atoms with Gasteiger partial charge in [-0.25, -0.2) is 0 Å². The van der Waals surface area contributed by atoms with E-state index in [1.165, 1.54) is 12.8 Å². The van der Waals surface area contributed by atoms with Crippen LogP contribution in [0.2, 0.25) is 0 Å². The van der Waals surface area contributed by atoms with Crippen LogP contribution in [0.15, 0.2) is 28.8 Å². The van der Waals surface area contributed by atoms with E-state index < -0.39 is 0 Å². The van der Waals surface area contributed by atoms with Crippen LogP contribution >= 0.6 is 12.4 Å². The summed E-state index contributed by atoms with van der Waals surface area (Å²) in [6, 6.07) is 7.90. The second-order valence-corrected chi connectivity index (χ2v) is 5.65. The molecule has 1 heterocycles. The molecular formula is C16H22ClN3O2. The molecule has 0 amide bonds. The summed E-state index contributed by atoms with van der Waals surface area (Å²) in [5.74, 6) is 2.58. The number of hydrogen-bond acceptors (Lipinski definition) is 5. The van der Waals surface area contributed by atoms with Gasteiger partial charge in [0.15, 0.2) is 0 Å². The Labute approximate surface area is 136 Å². The van der Waals surface area contributed by atoms with Crippen LogP contribution < -0.4 is 10.5 Å². The largest absolute Gasteiger partial charge is 0.497 e. The Kier molecular flexibility index (Phi) is 5.80. The first-order valence-electron chi connectivity index (χ1n) is 7.49. The molecule has 1 aliphatic carbocycles. The first-order chi connectivity index (χ1) is 10.3. The zero-order valence-electron chi connectivity index (χ0n) is 12.7. The molecule has 120 valence electrons. The number of hydrogen-bond donors (Lipinski definition) is 1. The maximum atomic E-state index is 6.17. The maximum absolute atomic E-state index is 6.17. The van der Waals surface area contributed by atoms with Gasteiger partial charge in [-0.15, -0.1) is 12.4 Å².